The largest absolute Gasteiger partial charge is 0.444 e. The molecule has 0 spiro atoms. The van der Waals surface area contributed by atoms with Crippen molar-refractivity contribution in [3.63, 3.8) is 0 Å². The Kier molecular flexibility index (Phi) is 4.48. The predicted molar refractivity (Wildman–Crippen MR) is 104 cm³/mol. The van der Waals surface area contributed by atoms with E-state index in [1.807, 2.05) is 0 Å². The molecule has 5 nitrogen and oxygen atoms in total. The average Bonchev–Trinajstić information content (AvgIpc) is 3.22. The lowest BCUT2D eigenvalue weighted by molar-refractivity contribution is 0.0995. The van der Waals surface area contributed by atoms with E-state index in [1.165, 1.54) is 0 Å². The maximum Gasteiger partial charge on any atom is 0.291 e. The number of oxazole rings is 1. The van der Waals surface area contributed by atoms with Gasteiger partial charge in [-0.3, -0.25) is 4.79 Å². The van der Waals surface area contributed by atoms with Gasteiger partial charge in [-0.2, -0.15) is 0 Å². The molecule has 1 N–H and O–H groups in total. The molecule has 8 heteroatoms. The van der Waals surface area contributed by atoms with Crippen molar-refractivity contribution in [3.8, 4) is 11.5 Å². The summed E-state index contributed by atoms with van der Waals surface area (Å²) >= 11 is 15.4. The zero-order valence-corrected chi connectivity index (χ0v) is 16.0. The topological polar surface area (TPSA) is 68.3 Å². The van der Waals surface area contributed by atoms with Crippen LogP contribution in [0.5, 0.6) is 0 Å². The van der Waals surface area contributed by atoms with Crippen LogP contribution < -0.4 is 5.32 Å². The first-order valence-electron chi connectivity index (χ1n) is 7.42. The molecule has 0 aliphatic carbocycles. The van der Waals surface area contributed by atoms with Crippen molar-refractivity contribution in [2.45, 2.75) is 0 Å². The summed E-state index contributed by atoms with van der Waals surface area (Å²) in [6, 6.07) is 13.4. The van der Waals surface area contributed by atoms with E-state index in [-0.39, 0.29) is 11.7 Å². The molecule has 2 aromatic heterocycles. The molecule has 0 fully saturated rings. The Morgan fingerprint density at radius 2 is 1.88 bits per heavy atom. The lowest BCUT2D eigenvalue weighted by Crippen LogP contribution is -2.10. The van der Waals surface area contributed by atoms with Crippen molar-refractivity contribution in [1.29, 1.82) is 0 Å². The fourth-order valence-corrected chi connectivity index (χ4v) is 3.08. The van der Waals surface area contributed by atoms with Crippen LogP contribution in [0.15, 0.2) is 62.0 Å². The number of hydrogen-bond acceptors (Lipinski definition) is 4. The van der Waals surface area contributed by atoms with Gasteiger partial charge in [-0.15, -0.1) is 0 Å². The van der Waals surface area contributed by atoms with Crippen molar-refractivity contribution in [2.75, 3.05) is 5.32 Å². The van der Waals surface area contributed by atoms with E-state index in [1.54, 1.807) is 48.5 Å². The molecule has 0 bridgehead atoms. The molecule has 0 aliphatic rings. The number of halogens is 3. The number of carbonyl (C=O) groups is 1. The number of rotatable bonds is 3. The third kappa shape index (κ3) is 3.35. The standard InChI is InChI=1S/C18H9BrCl2N2O3/c19-16-6-5-15(25-16)17(24)22-10-2-3-12(21)11(8-10)18-23-13-7-9(20)1-4-14(13)26-18/h1-8H,(H,22,24). The highest BCUT2D eigenvalue weighted by molar-refractivity contribution is 9.10. The van der Waals surface area contributed by atoms with Crippen LogP contribution >= 0.6 is 39.1 Å². The first kappa shape index (κ1) is 17.1. The third-order valence-corrected chi connectivity index (χ3v) is 4.59. The molecule has 0 saturated heterocycles. The number of anilines is 1. The van der Waals surface area contributed by atoms with Gasteiger partial charge < -0.3 is 14.2 Å². The van der Waals surface area contributed by atoms with Gasteiger partial charge in [0.2, 0.25) is 5.89 Å². The summed E-state index contributed by atoms with van der Waals surface area (Å²) in [7, 11) is 0. The Balaban J connectivity index is 1.68. The van der Waals surface area contributed by atoms with Gasteiger partial charge in [0.25, 0.3) is 5.91 Å². The van der Waals surface area contributed by atoms with Gasteiger partial charge in [0.15, 0.2) is 16.0 Å². The summed E-state index contributed by atoms with van der Waals surface area (Å²) in [4.78, 5) is 16.6. The Morgan fingerprint density at radius 3 is 2.65 bits per heavy atom. The molecular weight excluding hydrogens is 443 g/mol. The van der Waals surface area contributed by atoms with Crippen molar-refractivity contribution in [1.82, 2.24) is 4.98 Å². The molecule has 4 rings (SSSR count). The fraction of sp³-hybridized carbons (Fsp3) is 0. The molecule has 0 unspecified atom stereocenters. The minimum atomic E-state index is -0.381. The Hall–Kier alpha value is -2.28. The van der Waals surface area contributed by atoms with E-state index in [2.05, 4.69) is 26.2 Å². The van der Waals surface area contributed by atoms with Gasteiger partial charge in [0.1, 0.15) is 5.52 Å². The van der Waals surface area contributed by atoms with Crippen molar-refractivity contribution < 1.29 is 13.6 Å². The summed E-state index contributed by atoms with van der Waals surface area (Å²) in [5.41, 5.74) is 2.30. The van der Waals surface area contributed by atoms with Gasteiger partial charge in [-0.25, -0.2) is 4.98 Å². The summed E-state index contributed by atoms with van der Waals surface area (Å²) in [6.07, 6.45) is 0. The maximum atomic E-state index is 12.2. The van der Waals surface area contributed by atoms with Crippen LogP contribution in [0.1, 0.15) is 10.6 Å². The minimum Gasteiger partial charge on any atom is -0.444 e. The van der Waals surface area contributed by atoms with Gasteiger partial charge in [0, 0.05) is 10.7 Å². The number of aromatic nitrogens is 1. The SMILES string of the molecule is O=C(Nc1ccc(Cl)c(-c2nc3cc(Cl)ccc3o2)c1)c1ccc(Br)o1. The number of benzene rings is 2. The van der Waals surface area contributed by atoms with Crippen LogP contribution in [0, 0.1) is 0 Å². The highest BCUT2D eigenvalue weighted by Crippen LogP contribution is 2.33. The van der Waals surface area contributed by atoms with E-state index in [4.69, 9.17) is 32.0 Å². The number of fused-ring (bicyclic) bond motifs is 1. The smallest absolute Gasteiger partial charge is 0.291 e. The molecule has 1 amide bonds. The summed E-state index contributed by atoms with van der Waals surface area (Å²) in [6.45, 7) is 0. The fourth-order valence-electron chi connectivity index (χ4n) is 2.41. The lowest BCUT2D eigenvalue weighted by atomic mass is 10.2. The van der Waals surface area contributed by atoms with Crippen LogP contribution in [0.25, 0.3) is 22.6 Å². The molecule has 0 radical (unpaired) electrons. The van der Waals surface area contributed by atoms with Crippen LogP contribution in [0.3, 0.4) is 0 Å². The summed E-state index contributed by atoms with van der Waals surface area (Å²) < 4.78 is 11.5. The highest BCUT2D eigenvalue weighted by Gasteiger charge is 2.15. The third-order valence-electron chi connectivity index (χ3n) is 3.60. The lowest BCUT2D eigenvalue weighted by Gasteiger charge is -2.06. The van der Waals surface area contributed by atoms with E-state index >= 15 is 0 Å². The van der Waals surface area contributed by atoms with Crippen molar-refractivity contribution >= 4 is 61.8 Å². The first-order chi connectivity index (χ1) is 12.5. The van der Waals surface area contributed by atoms with Crippen LogP contribution in [0.2, 0.25) is 10.0 Å². The second-order valence-electron chi connectivity index (χ2n) is 5.38. The van der Waals surface area contributed by atoms with Crippen LogP contribution in [-0.4, -0.2) is 10.9 Å². The summed E-state index contributed by atoms with van der Waals surface area (Å²) in [5, 5.41) is 3.76. The molecule has 2 heterocycles. The number of nitrogens with zero attached hydrogens (tertiary/aromatic N) is 1. The molecule has 0 saturated carbocycles. The molecule has 2 aromatic carbocycles. The second kappa shape index (κ2) is 6.79. The molecule has 0 aliphatic heterocycles. The first-order valence-corrected chi connectivity index (χ1v) is 8.97. The quantitative estimate of drug-likeness (QED) is 0.390. The van der Waals surface area contributed by atoms with Crippen molar-refractivity contribution in [2.24, 2.45) is 0 Å². The minimum absolute atomic E-state index is 0.185. The van der Waals surface area contributed by atoms with E-state index in [9.17, 15) is 4.79 Å². The van der Waals surface area contributed by atoms with Gasteiger partial charge in [-0.1, -0.05) is 23.2 Å². The molecule has 130 valence electrons. The predicted octanol–water partition coefficient (Wildman–Crippen LogP) is 6.41. The normalized spacial score (nSPS) is 11.0. The Bertz CT molecular complexity index is 1140. The zero-order valence-electron chi connectivity index (χ0n) is 12.9. The number of furan rings is 1. The monoisotopic (exact) mass is 450 g/mol. The maximum absolute atomic E-state index is 12.2. The van der Waals surface area contributed by atoms with Gasteiger partial charge in [0.05, 0.1) is 10.6 Å². The number of nitrogens with one attached hydrogen (secondary N) is 1. The molecular formula is C18H9BrCl2N2O3. The van der Waals surface area contributed by atoms with E-state index < -0.39 is 0 Å². The highest BCUT2D eigenvalue weighted by atomic mass is 79.9. The molecule has 0 atom stereocenters. The van der Waals surface area contributed by atoms with Crippen LogP contribution in [0.4, 0.5) is 5.69 Å². The van der Waals surface area contributed by atoms with E-state index in [0.29, 0.717) is 43.0 Å². The second-order valence-corrected chi connectivity index (χ2v) is 7.01. The van der Waals surface area contributed by atoms with E-state index in [0.717, 1.165) is 0 Å². The average molecular weight is 452 g/mol. The summed E-state index contributed by atoms with van der Waals surface area (Å²) in [5.74, 6) is 0.141. The molecule has 4 aromatic rings. The van der Waals surface area contributed by atoms with Crippen molar-refractivity contribution in [3.05, 3.63) is 69.0 Å². The van der Waals surface area contributed by atoms with Gasteiger partial charge in [-0.05, 0) is 64.5 Å². The van der Waals surface area contributed by atoms with Gasteiger partial charge >= 0.3 is 0 Å². The Morgan fingerprint density at radius 1 is 1.04 bits per heavy atom. The number of carbonyl (C=O) groups excluding carboxylic acids is 1. The zero-order chi connectivity index (χ0) is 18.3. The Labute approximate surface area is 166 Å². The number of amides is 1. The molecule has 26 heavy (non-hydrogen) atoms. The number of hydrogen-bond donors (Lipinski definition) is 1. The van der Waals surface area contributed by atoms with Crippen LogP contribution in [-0.2, 0) is 0 Å².